The fraction of sp³-hybridized carbons (Fsp3) is 0.611. The van der Waals surface area contributed by atoms with Crippen LogP contribution >= 0.6 is 12.4 Å². The summed E-state index contributed by atoms with van der Waals surface area (Å²) < 4.78 is 40.3. The molecule has 1 unspecified atom stereocenters. The van der Waals surface area contributed by atoms with E-state index in [-0.39, 0.29) is 24.1 Å². The number of nitrogens with zero attached hydrogens (tertiary/aromatic N) is 2. The van der Waals surface area contributed by atoms with Crippen molar-refractivity contribution in [3.63, 3.8) is 0 Å². The predicted molar refractivity (Wildman–Crippen MR) is 98.1 cm³/mol. The van der Waals surface area contributed by atoms with Crippen molar-refractivity contribution in [2.45, 2.75) is 31.7 Å². The van der Waals surface area contributed by atoms with E-state index in [0.29, 0.717) is 18.9 Å². The molecule has 0 spiro atoms. The van der Waals surface area contributed by atoms with E-state index in [0.717, 1.165) is 51.3 Å². The van der Waals surface area contributed by atoms with Gasteiger partial charge in [0.2, 0.25) is 5.91 Å². The lowest BCUT2D eigenvalue weighted by molar-refractivity contribution is -0.274. The van der Waals surface area contributed by atoms with Crippen LogP contribution in [0.2, 0.25) is 0 Å². The zero-order valence-corrected chi connectivity index (χ0v) is 15.8. The number of alkyl halides is 3. The Morgan fingerprint density at radius 1 is 1.15 bits per heavy atom. The third-order valence-electron chi connectivity index (χ3n) is 4.97. The van der Waals surface area contributed by atoms with Gasteiger partial charge in [-0.2, -0.15) is 0 Å². The number of hydrogen-bond donors (Lipinski definition) is 1. The maximum Gasteiger partial charge on any atom is 0.573 e. The van der Waals surface area contributed by atoms with Crippen molar-refractivity contribution in [1.82, 2.24) is 15.1 Å². The standard InChI is InChI=1S/C18H24F3N3O2.ClH/c19-18(20,21)26-16-4-1-14(2-5-16)3-6-17(25)24-10-7-15(13-24)23-11-8-22-9-12-23;/h1-2,4-5,15,22H,3,6-13H2;1H. The van der Waals surface area contributed by atoms with Gasteiger partial charge in [0.15, 0.2) is 0 Å². The Morgan fingerprint density at radius 3 is 2.44 bits per heavy atom. The molecule has 2 aliphatic rings. The molecule has 27 heavy (non-hydrogen) atoms. The Hall–Kier alpha value is -1.51. The van der Waals surface area contributed by atoms with Crippen molar-refractivity contribution in [1.29, 1.82) is 0 Å². The molecular formula is C18H25ClF3N3O2. The van der Waals surface area contributed by atoms with Crippen LogP contribution in [-0.2, 0) is 11.2 Å². The van der Waals surface area contributed by atoms with Crippen LogP contribution in [0.25, 0.3) is 0 Å². The number of rotatable bonds is 5. The molecule has 1 aromatic carbocycles. The summed E-state index contributed by atoms with van der Waals surface area (Å²) in [5, 5.41) is 3.33. The highest BCUT2D eigenvalue weighted by Crippen LogP contribution is 2.23. The van der Waals surface area contributed by atoms with Crippen molar-refractivity contribution < 1.29 is 22.7 Å². The lowest BCUT2D eigenvalue weighted by Gasteiger charge is -2.32. The summed E-state index contributed by atoms with van der Waals surface area (Å²) in [5.74, 6) is -0.135. The smallest absolute Gasteiger partial charge is 0.406 e. The van der Waals surface area contributed by atoms with Gasteiger partial charge in [0.25, 0.3) is 0 Å². The molecule has 1 atom stereocenters. The van der Waals surface area contributed by atoms with Gasteiger partial charge in [-0.15, -0.1) is 25.6 Å². The highest BCUT2D eigenvalue weighted by Gasteiger charge is 2.31. The van der Waals surface area contributed by atoms with Crippen molar-refractivity contribution in [2.24, 2.45) is 0 Å². The molecular weight excluding hydrogens is 383 g/mol. The van der Waals surface area contributed by atoms with Crippen molar-refractivity contribution in [3.05, 3.63) is 29.8 Å². The molecule has 0 radical (unpaired) electrons. The number of likely N-dealkylation sites (tertiary alicyclic amines) is 1. The fourth-order valence-electron chi connectivity index (χ4n) is 3.58. The molecule has 1 aromatic rings. The van der Waals surface area contributed by atoms with E-state index < -0.39 is 6.36 Å². The maximum atomic E-state index is 12.4. The number of carbonyl (C=O) groups excluding carboxylic acids is 1. The van der Waals surface area contributed by atoms with Gasteiger partial charge < -0.3 is 15.0 Å². The van der Waals surface area contributed by atoms with Gasteiger partial charge in [-0.3, -0.25) is 9.69 Å². The highest BCUT2D eigenvalue weighted by atomic mass is 35.5. The van der Waals surface area contributed by atoms with Crippen LogP contribution in [0.1, 0.15) is 18.4 Å². The molecule has 5 nitrogen and oxygen atoms in total. The summed E-state index contributed by atoms with van der Waals surface area (Å²) in [6, 6.07) is 6.15. The van der Waals surface area contributed by atoms with Crippen molar-refractivity contribution in [3.8, 4) is 5.75 Å². The zero-order chi connectivity index (χ0) is 18.6. The number of halogens is 4. The Balaban J connectivity index is 0.00000261. The second kappa shape index (κ2) is 9.61. The minimum Gasteiger partial charge on any atom is -0.406 e. The third kappa shape index (κ3) is 6.55. The minimum atomic E-state index is -4.69. The molecule has 1 N–H and O–H groups in total. The fourth-order valence-corrected chi connectivity index (χ4v) is 3.58. The lowest BCUT2D eigenvalue weighted by atomic mass is 10.1. The summed E-state index contributed by atoms with van der Waals surface area (Å²) >= 11 is 0. The average molecular weight is 408 g/mol. The number of carbonyl (C=O) groups is 1. The second-order valence-electron chi connectivity index (χ2n) is 6.76. The second-order valence-corrected chi connectivity index (χ2v) is 6.76. The lowest BCUT2D eigenvalue weighted by Crippen LogP contribution is -2.49. The van der Waals surface area contributed by atoms with E-state index in [1.165, 1.54) is 12.1 Å². The summed E-state index contributed by atoms with van der Waals surface area (Å²) in [6.07, 6.45) is -2.79. The van der Waals surface area contributed by atoms with Gasteiger partial charge in [0.05, 0.1) is 0 Å². The molecule has 0 bridgehead atoms. The quantitative estimate of drug-likeness (QED) is 0.814. The number of aryl methyl sites for hydroxylation is 1. The van der Waals surface area contributed by atoms with Gasteiger partial charge in [-0.25, -0.2) is 0 Å². The molecule has 3 rings (SSSR count). The van der Waals surface area contributed by atoms with Gasteiger partial charge >= 0.3 is 6.36 Å². The first-order chi connectivity index (χ1) is 12.4. The van der Waals surface area contributed by atoms with Crippen LogP contribution in [0, 0.1) is 0 Å². The highest BCUT2D eigenvalue weighted by molar-refractivity contribution is 5.85. The van der Waals surface area contributed by atoms with Crippen molar-refractivity contribution in [2.75, 3.05) is 39.3 Å². The molecule has 2 fully saturated rings. The molecule has 2 aliphatic heterocycles. The van der Waals surface area contributed by atoms with E-state index >= 15 is 0 Å². The number of hydrogen-bond acceptors (Lipinski definition) is 4. The summed E-state index contributed by atoms with van der Waals surface area (Å²) in [6.45, 7) is 5.61. The van der Waals surface area contributed by atoms with Gasteiger partial charge in [-0.1, -0.05) is 12.1 Å². The Labute approximate surface area is 163 Å². The van der Waals surface area contributed by atoms with Gasteiger partial charge in [0.1, 0.15) is 5.75 Å². The molecule has 2 heterocycles. The van der Waals surface area contributed by atoms with Gasteiger partial charge in [-0.05, 0) is 30.5 Å². The predicted octanol–water partition coefficient (Wildman–Crippen LogP) is 2.45. The van der Waals surface area contributed by atoms with Crippen LogP contribution < -0.4 is 10.1 Å². The Bertz CT molecular complexity index is 607. The zero-order valence-electron chi connectivity index (χ0n) is 15.0. The first kappa shape index (κ1) is 21.8. The summed E-state index contributed by atoms with van der Waals surface area (Å²) in [4.78, 5) is 16.8. The van der Waals surface area contributed by atoms with Gasteiger partial charge in [0, 0.05) is 51.7 Å². The monoisotopic (exact) mass is 407 g/mol. The van der Waals surface area contributed by atoms with Crippen LogP contribution in [0.15, 0.2) is 24.3 Å². The number of amides is 1. The van der Waals surface area contributed by atoms with E-state index in [9.17, 15) is 18.0 Å². The normalized spacial score (nSPS) is 21.0. The number of ether oxygens (including phenoxy) is 1. The van der Waals surface area contributed by atoms with Crippen molar-refractivity contribution >= 4 is 18.3 Å². The van der Waals surface area contributed by atoms with E-state index in [4.69, 9.17) is 0 Å². The van der Waals surface area contributed by atoms with Crippen LogP contribution in [-0.4, -0.2) is 67.4 Å². The third-order valence-corrected chi connectivity index (χ3v) is 4.97. The topological polar surface area (TPSA) is 44.8 Å². The molecule has 0 saturated carbocycles. The molecule has 152 valence electrons. The first-order valence-corrected chi connectivity index (χ1v) is 8.98. The van der Waals surface area contributed by atoms with E-state index in [1.807, 2.05) is 4.90 Å². The first-order valence-electron chi connectivity index (χ1n) is 8.98. The maximum absolute atomic E-state index is 12.4. The summed E-state index contributed by atoms with van der Waals surface area (Å²) in [5.41, 5.74) is 0.825. The number of nitrogens with one attached hydrogen (secondary N) is 1. The van der Waals surface area contributed by atoms with E-state index in [2.05, 4.69) is 15.0 Å². The average Bonchev–Trinajstić information content (AvgIpc) is 3.10. The Kier molecular flexibility index (Phi) is 7.76. The number of benzene rings is 1. The Morgan fingerprint density at radius 2 is 1.81 bits per heavy atom. The van der Waals surface area contributed by atoms with Crippen LogP contribution in [0.5, 0.6) is 5.75 Å². The van der Waals surface area contributed by atoms with Crippen LogP contribution in [0.4, 0.5) is 13.2 Å². The van der Waals surface area contributed by atoms with E-state index in [1.54, 1.807) is 12.1 Å². The largest absolute Gasteiger partial charge is 0.573 e. The molecule has 2 saturated heterocycles. The summed E-state index contributed by atoms with van der Waals surface area (Å²) in [7, 11) is 0. The SMILES string of the molecule is Cl.O=C(CCc1ccc(OC(F)(F)F)cc1)N1CCC(N2CCNCC2)C1. The minimum absolute atomic E-state index is 0. The molecule has 0 aliphatic carbocycles. The van der Waals surface area contributed by atoms with Crippen LogP contribution in [0.3, 0.4) is 0 Å². The number of piperazine rings is 1. The molecule has 1 amide bonds. The molecule has 0 aromatic heterocycles. The molecule has 9 heteroatoms.